The highest BCUT2D eigenvalue weighted by molar-refractivity contribution is 6.31. The fraction of sp³-hybridized carbons (Fsp3) is 0.333. The van der Waals surface area contributed by atoms with Gasteiger partial charge in [-0.05, 0) is 37.2 Å². The Labute approximate surface area is 199 Å². The molecule has 0 spiro atoms. The summed E-state index contributed by atoms with van der Waals surface area (Å²) in [7, 11) is 0. The van der Waals surface area contributed by atoms with E-state index in [2.05, 4.69) is 30.3 Å². The lowest BCUT2D eigenvalue weighted by atomic mass is 10.0. The van der Waals surface area contributed by atoms with E-state index in [1.165, 1.54) is 36.8 Å². The molecule has 0 aliphatic carbocycles. The number of rotatable bonds is 10. The summed E-state index contributed by atoms with van der Waals surface area (Å²) >= 11 is 6.03. The Balaban J connectivity index is 1.94. The molecule has 0 saturated carbocycles. The number of nitrogens with zero attached hydrogens (tertiary/aromatic N) is 3. The van der Waals surface area contributed by atoms with Crippen LogP contribution in [0.4, 0.5) is 8.78 Å². The molecule has 1 aliphatic heterocycles. The molecule has 34 heavy (non-hydrogen) atoms. The Morgan fingerprint density at radius 2 is 2.09 bits per heavy atom. The average molecular weight is 493 g/mol. The number of alkyl halides is 2. The smallest absolute Gasteiger partial charge is 0.387 e. The van der Waals surface area contributed by atoms with E-state index < -0.39 is 30.3 Å². The molecule has 0 bridgehead atoms. The van der Waals surface area contributed by atoms with Gasteiger partial charge in [-0.3, -0.25) is 15.2 Å². The minimum absolute atomic E-state index is 0.000749. The zero-order chi connectivity index (χ0) is 24.7. The molecule has 1 saturated heterocycles. The molecule has 1 aromatic heterocycles. The number of carbonyl (C=O) groups is 1. The number of nitrogens with one attached hydrogen (secondary N) is 4. The van der Waals surface area contributed by atoms with Gasteiger partial charge in [0.15, 0.2) is 5.92 Å². The van der Waals surface area contributed by atoms with Crippen molar-refractivity contribution in [2.24, 2.45) is 10.7 Å². The van der Waals surface area contributed by atoms with Gasteiger partial charge in [0.25, 0.3) is 0 Å². The standard InChI is InChI=1S/C21H23ClF2N8O2/c22-11-2-3-15(34-21(23)24)13(8-11)17(25)14(10-31-12-4-7-28-9-12)32-20(33)16(18(26)27)19-29-5-1-6-30-19/h1-3,5-6,8,10,12,14,16,21,25,28H,4,7,9H2,(H3,26,27)(H,32,33). The van der Waals surface area contributed by atoms with Gasteiger partial charge in [-0.2, -0.15) is 8.78 Å². The summed E-state index contributed by atoms with van der Waals surface area (Å²) in [4.78, 5) is 25.5. The molecule has 0 radical (unpaired) electrons. The number of amidine groups is 1. The Morgan fingerprint density at radius 3 is 2.71 bits per heavy atom. The van der Waals surface area contributed by atoms with Gasteiger partial charge in [-0.1, -0.05) is 11.6 Å². The summed E-state index contributed by atoms with van der Waals surface area (Å²) in [6.45, 7) is -1.74. The first-order valence-corrected chi connectivity index (χ1v) is 10.6. The quantitative estimate of drug-likeness (QED) is 0.250. The summed E-state index contributed by atoms with van der Waals surface area (Å²) in [5, 5.41) is 22.4. The van der Waals surface area contributed by atoms with E-state index in [1.807, 2.05) is 0 Å². The van der Waals surface area contributed by atoms with Gasteiger partial charge in [-0.15, -0.1) is 0 Å². The number of hydrogen-bond donors (Lipinski definition) is 5. The van der Waals surface area contributed by atoms with E-state index in [0.29, 0.717) is 6.54 Å². The van der Waals surface area contributed by atoms with Crippen LogP contribution in [0, 0.1) is 10.8 Å². The first-order chi connectivity index (χ1) is 16.3. The fourth-order valence-electron chi connectivity index (χ4n) is 3.33. The third-order valence-corrected chi connectivity index (χ3v) is 5.19. The van der Waals surface area contributed by atoms with E-state index >= 15 is 0 Å². The molecule has 10 nitrogen and oxygen atoms in total. The lowest BCUT2D eigenvalue weighted by Gasteiger charge is -2.21. The summed E-state index contributed by atoms with van der Waals surface area (Å²) in [5.74, 6) is -2.87. The molecule has 3 atom stereocenters. The van der Waals surface area contributed by atoms with E-state index in [9.17, 15) is 13.6 Å². The summed E-state index contributed by atoms with van der Waals surface area (Å²) in [6, 6.07) is 4.14. The average Bonchev–Trinajstić information content (AvgIpc) is 3.31. The largest absolute Gasteiger partial charge is 0.434 e. The SMILES string of the molecule is N=C(c1cc(Cl)ccc1OC(F)F)C(C=NC1CCNC1)NC(=O)C(C(=N)N)c1ncccn1. The van der Waals surface area contributed by atoms with E-state index in [1.54, 1.807) is 6.07 Å². The monoisotopic (exact) mass is 492 g/mol. The van der Waals surface area contributed by atoms with Crippen LogP contribution in [0.2, 0.25) is 5.02 Å². The molecular weight excluding hydrogens is 470 g/mol. The van der Waals surface area contributed by atoms with Crippen LogP contribution in [0.15, 0.2) is 41.7 Å². The highest BCUT2D eigenvalue weighted by Gasteiger charge is 2.30. The first-order valence-electron chi connectivity index (χ1n) is 10.2. The molecule has 1 aliphatic rings. The molecular formula is C21H23ClF2N8O2. The lowest BCUT2D eigenvalue weighted by Crippen LogP contribution is -2.47. The normalized spacial score (nSPS) is 17.5. The van der Waals surface area contributed by atoms with E-state index in [0.717, 1.165) is 13.0 Å². The molecule has 1 aromatic carbocycles. The minimum atomic E-state index is -3.13. The molecule has 1 amide bonds. The predicted molar refractivity (Wildman–Crippen MR) is 123 cm³/mol. The molecule has 2 heterocycles. The lowest BCUT2D eigenvalue weighted by molar-refractivity contribution is -0.121. The number of ether oxygens (including phenoxy) is 1. The highest BCUT2D eigenvalue weighted by Crippen LogP contribution is 2.26. The van der Waals surface area contributed by atoms with Crippen LogP contribution >= 0.6 is 11.6 Å². The number of halogens is 3. The van der Waals surface area contributed by atoms with Crippen molar-refractivity contribution in [1.82, 2.24) is 20.6 Å². The van der Waals surface area contributed by atoms with Crippen molar-refractivity contribution < 1.29 is 18.3 Å². The van der Waals surface area contributed by atoms with Crippen LogP contribution in [0.5, 0.6) is 5.75 Å². The minimum Gasteiger partial charge on any atom is -0.434 e. The molecule has 6 N–H and O–H groups in total. The van der Waals surface area contributed by atoms with Crippen molar-refractivity contribution >= 4 is 35.3 Å². The van der Waals surface area contributed by atoms with Gasteiger partial charge in [0.2, 0.25) is 5.91 Å². The molecule has 3 unspecified atom stereocenters. The van der Waals surface area contributed by atoms with Crippen molar-refractivity contribution in [3.8, 4) is 5.75 Å². The number of aliphatic imine (C=N–C) groups is 1. The maximum atomic E-state index is 13.1. The van der Waals surface area contributed by atoms with Crippen LogP contribution in [0.1, 0.15) is 23.7 Å². The summed E-state index contributed by atoms with van der Waals surface area (Å²) in [6.07, 6.45) is 4.92. The third kappa shape index (κ3) is 6.51. The number of aromatic nitrogens is 2. The van der Waals surface area contributed by atoms with E-state index in [4.69, 9.17) is 28.2 Å². The predicted octanol–water partition coefficient (Wildman–Crippen LogP) is 1.74. The van der Waals surface area contributed by atoms with Crippen molar-refractivity contribution in [3.63, 3.8) is 0 Å². The van der Waals surface area contributed by atoms with Crippen LogP contribution < -0.4 is 21.1 Å². The van der Waals surface area contributed by atoms with Gasteiger partial charge in [0.1, 0.15) is 23.5 Å². The molecule has 3 rings (SSSR count). The van der Waals surface area contributed by atoms with Crippen LogP contribution in [-0.4, -0.2) is 65.4 Å². The Hall–Kier alpha value is -3.51. The van der Waals surface area contributed by atoms with Crippen LogP contribution in [0.25, 0.3) is 0 Å². The zero-order valence-electron chi connectivity index (χ0n) is 17.8. The van der Waals surface area contributed by atoms with Gasteiger partial charge in [-0.25, -0.2) is 9.97 Å². The topological polar surface area (TPSA) is 162 Å². The van der Waals surface area contributed by atoms with Crippen LogP contribution in [0.3, 0.4) is 0 Å². The molecule has 1 fully saturated rings. The number of nitrogens with two attached hydrogens (primary N) is 1. The Morgan fingerprint density at radius 1 is 1.35 bits per heavy atom. The van der Waals surface area contributed by atoms with Crippen LogP contribution in [-0.2, 0) is 4.79 Å². The van der Waals surface area contributed by atoms with Crippen molar-refractivity contribution in [2.45, 2.75) is 31.0 Å². The Bertz CT molecular complexity index is 1060. The van der Waals surface area contributed by atoms with E-state index in [-0.39, 0.29) is 33.9 Å². The number of hydrogen-bond acceptors (Lipinski definition) is 8. The molecule has 13 heteroatoms. The number of benzene rings is 1. The second-order valence-corrected chi connectivity index (χ2v) is 7.80. The number of carbonyl (C=O) groups excluding carboxylic acids is 1. The van der Waals surface area contributed by atoms with Gasteiger partial charge in [0.05, 0.1) is 11.8 Å². The summed E-state index contributed by atoms with van der Waals surface area (Å²) in [5.41, 5.74) is 5.29. The van der Waals surface area contributed by atoms with Crippen molar-refractivity contribution in [2.75, 3.05) is 13.1 Å². The number of amides is 1. The van der Waals surface area contributed by atoms with Crippen molar-refractivity contribution in [3.05, 3.63) is 53.1 Å². The Kier molecular flexibility index (Phi) is 8.55. The fourth-order valence-corrected chi connectivity index (χ4v) is 3.50. The zero-order valence-corrected chi connectivity index (χ0v) is 18.6. The second kappa shape index (κ2) is 11.6. The van der Waals surface area contributed by atoms with Gasteiger partial charge in [0, 0.05) is 35.7 Å². The molecule has 2 aromatic rings. The maximum absolute atomic E-state index is 13.1. The first kappa shape index (κ1) is 25.1. The van der Waals surface area contributed by atoms with Crippen molar-refractivity contribution in [1.29, 1.82) is 10.8 Å². The summed E-state index contributed by atoms with van der Waals surface area (Å²) < 4.78 is 30.4. The third-order valence-electron chi connectivity index (χ3n) is 4.95. The van der Waals surface area contributed by atoms with Gasteiger partial charge < -0.3 is 26.5 Å². The van der Waals surface area contributed by atoms with Gasteiger partial charge >= 0.3 is 6.61 Å². The second-order valence-electron chi connectivity index (χ2n) is 7.36. The maximum Gasteiger partial charge on any atom is 0.387 e. The molecule has 180 valence electrons. The highest BCUT2D eigenvalue weighted by atomic mass is 35.5.